The van der Waals surface area contributed by atoms with Gasteiger partial charge in [-0.15, -0.1) is 0 Å². The summed E-state index contributed by atoms with van der Waals surface area (Å²) in [6.07, 6.45) is -4.55. The summed E-state index contributed by atoms with van der Waals surface area (Å²) < 4.78 is 64.2. The van der Waals surface area contributed by atoms with E-state index in [2.05, 4.69) is 0 Å². The van der Waals surface area contributed by atoms with Crippen molar-refractivity contribution < 1.29 is 36.3 Å². The molecule has 0 aliphatic heterocycles. The van der Waals surface area contributed by atoms with Gasteiger partial charge in [0.1, 0.15) is 17.2 Å². The molecule has 0 bridgehead atoms. The van der Waals surface area contributed by atoms with Crippen LogP contribution in [-0.4, -0.2) is 18.0 Å². The molecule has 0 aliphatic rings. The van der Waals surface area contributed by atoms with E-state index < -0.39 is 46.9 Å². The highest BCUT2D eigenvalue weighted by Gasteiger charge is 2.30. The predicted molar refractivity (Wildman–Crippen MR) is 82.8 cm³/mol. The molecule has 3 N–H and O–H groups in total. The van der Waals surface area contributed by atoms with Crippen LogP contribution in [0.5, 0.6) is 0 Å². The smallest absolute Gasteiger partial charge is 0.308 e. The normalized spacial score (nSPS) is 10.9. The maximum absolute atomic E-state index is 13.4. The molecule has 2 aromatic rings. The van der Waals surface area contributed by atoms with E-state index in [1.165, 1.54) is 0 Å². The second-order valence-electron chi connectivity index (χ2n) is 5.03. The van der Waals surface area contributed by atoms with Gasteiger partial charge in [-0.2, -0.15) is 13.2 Å². The molecule has 142 valence electrons. The minimum absolute atomic E-state index is 0.0697. The average molecular weight is 387 g/mol. The topological polar surface area (TPSA) is 87.3 Å². The van der Waals surface area contributed by atoms with Gasteiger partial charge in [-0.3, -0.25) is 15.4 Å². The fraction of sp³-hybridized carbons (Fsp3) is 0.0625. The fourth-order valence-electron chi connectivity index (χ4n) is 1.92. The largest absolute Gasteiger partial charge is 0.416 e. The maximum Gasteiger partial charge on any atom is 0.416 e. The van der Waals surface area contributed by atoms with E-state index in [1.807, 2.05) is 5.32 Å². The Morgan fingerprint density at radius 1 is 0.778 bits per heavy atom. The Morgan fingerprint density at radius 3 is 1.85 bits per heavy atom. The average Bonchev–Trinajstić information content (AvgIpc) is 2.53. The van der Waals surface area contributed by atoms with Crippen molar-refractivity contribution in [1.82, 2.24) is 10.6 Å². The standard InChI is InChI=1S/C16H10F5N3O3/c17-10-2-1-3-11(18)12(10)13(25)23-15(27)24-14(26)22-9-6-4-8(5-7-9)16(19,20)21/h1-7H,(H3,22,23,24,25,26,27). The van der Waals surface area contributed by atoms with Gasteiger partial charge >= 0.3 is 18.2 Å². The first kappa shape index (κ1) is 19.8. The molecule has 0 atom stereocenters. The van der Waals surface area contributed by atoms with E-state index in [0.29, 0.717) is 12.1 Å². The van der Waals surface area contributed by atoms with Crippen molar-refractivity contribution in [3.8, 4) is 0 Å². The highest BCUT2D eigenvalue weighted by molar-refractivity contribution is 6.09. The summed E-state index contributed by atoms with van der Waals surface area (Å²) in [5.74, 6) is -3.85. The number of nitrogens with one attached hydrogen (secondary N) is 3. The number of amides is 5. The Kier molecular flexibility index (Phi) is 5.73. The highest BCUT2D eigenvalue weighted by Crippen LogP contribution is 2.29. The van der Waals surface area contributed by atoms with Gasteiger partial charge < -0.3 is 5.32 Å². The predicted octanol–water partition coefficient (Wildman–Crippen LogP) is 3.66. The number of hydrogen-bond donors (Lipinski definition) is 3. The van der Waals surface area contributed by atoms with Gasteiger partial charge in [-0.05, 0) is 36.4 Å². The molecule has 0 fully saturated rings. The Labute approximate surface area is 148 Å². The molecule has 27 heavy (non-hydrogen) atoms. The minimum Gasteiger partial charge on any atom is -0.308 e. The Morgan fingerprint density at radius 2 is 1.33 bits per heavy atom. The molecular weight excluding hydrogens is 377 g/mol. The van der Waals surface area contributed by atoms with Crippen molar-refractivity contribution in [2.75, 3.05) is 5.32 Å². The summed E-state index contributed by atoms with van der Waals surface area (Å²) >= 11 is 0. The van der Waals surface area contributed by atoms with Crippen LogP contribution in [0.25, 0.3) is 0 Å². The number of carbonyl (C=O) groups excluding carboxylic acids is 3. The van der Waals surface area contributed by atoms with E-state index in [0.717, 1.165) is 30.3 Å². The quantitative estimate of drug-likeness (QED) is 0.688. The molecule has 2 rings (SSSR count). The van der Waals surface area contributed by atoms with Crippen LogP contribution in [0.15, 0.2) is 42.5 Å². The number of alkyl halides is 3. The van der Waals surface area contributed by atoms with Gasteiger partial charge in [0.25, 0.3) is 5.91 Å². The van der Waals surface area contributed by atoms with Crippen molar-refractivity contribution in [3.63, 3.8) is 0 Å². The van der Waals surface area contributed by atoms with Crippen LogP contribution >= 0.6 is 0 Å². The Hall–Kier alpha value is -3.50. The second-order valence-corrected chi connectivity index (χ2v) is 5.03. The number of benzene rings is 2. The van der Waals surface area contributed by atoms with E-state index in [-0.39, 0.29) is 5.69 Å². The lowest BCUT2D eigenvalue weighted by atomic mass is 10.2. The number of urea groups is 2. The molecule has 0 heterocycles. The summed E-state index contributed by atoms with van der Waals surface area (Å²) in [7, 11) is 0. The molecule has 6 nitrogen and oxygen atoms in total. The molecule has 0 saturated heterocycles. The molecule has 11 heteroatoms. The number of halogens is 5. The maximum atomic E-state index is 13.4. The van der Waals surface area contributed by atoms with Crippen molar-refractivity contribution in [1.29, 1.82) is 0 Å². The lowest BCUT2D eigenvalue weighted by Gasteiger charge is -2.10. The number of rotatable bonds is 2. The van der Waals surface area contributed by atoms with Crippen LogP contribution in [0.3, 0.4) is 0 Å². The van der Waals surface area contributed by atoms with Crippen LogP contribution in [-0.2, 0) is 6.18 Å². The molecule has 5 amide bonds. The molecule has 0 radical (unpaired) electrons. The van der Waals surface area contributed by atoms with Crippen molar-refractivity contribution in [3.05, 3.63) is 65.2 Å². The van der Waals surface area contributed by atoms with Gasteiger partial charge in [0.05, 0.1) is 5.56 Å². The van der Waals surface area contributed by atoms with Crippen LogP contribution in [0.2, 0.25) is 0 Å². The summed E-state index contributed by atoms with van der Waals surface area (Å²) in [5, 5.41) is 5.22. The van der Waals surface area contributed by atoms with Gasteiger partial charge in [0.15, 0.2) is 0 Å². The summed E-state index contributed by atoms with van der Waals surface area (Å²) in [4.78, 5) is 34.8. The van der Waals surface area contributed by atoms with Crippen LogP contribution in [0.1, 0.15) is 15.9 Å². The fourth-order valence-corrected chi connectivity index (χ4v) is 1.92. The monoisotopic (exact) mass is 387 g/mol. The summed E-state index contributed by atoms with van der Waals surface area (Å²) in [5.41, 5.74) is -2.03. The number of carbonyl (C=O) groups is 3. The lowest BCUT2D eigenvalue weighted by Crippen LogP contribution is -2.44. The number of imide groups is 2. The van der Waals surface area contributed by atoms with E-state index in [9.17, 15) is 36.3 Å². The first-order valence-corrected chi connectivity index (χ1v) is 7.12. The van der Waals surface area contributed by atoms with Gasteiger partial charge in [-0.25, -0.2) is 18.4 Å². The Balaban J connectivity index is 1.94. The third-order valence-corrected chi connectivity index (χ3v) is 3.11. The molecule has 0 aromatic heterocycles. The molecule has 0 unspecified atom stereocenters. The lowest BCUT2D eigenvalue weighted by molar-refractivity contribution is -0.137. The molecular formula is C16H10F5N3O3. The first-order chi connectivity index (χ1) is 12.6. The first-order valence-electron chi connectivity index (χ1n) is 7.12. The van der Waals surface area contributed by atoms with Crippen LogP contribution < -0.4 is 16.0 Å². The third kappa shape index (κ3) is 5.23. The zero-order valence-electron chi connectivity index (χ0n) is 13.2. The van der Waals surface area contributed by atoms with Crippen LogP contribution in [0.4, 0.5) is 37.2 Å². The molecule has 0 saturated carbocycles. The highest BCUT2D eigenvalue weighted by atomic mass is 19.4. The van der Waals surface area contributed by atoms with Crippen molar-refractivity contribution >= 4 is 23.7 Å². The van der Waals surface area contributed by atoms with Gasteiger partial charge in [0.2, 0.25) is 0 Å². The third-order valence-electron chi connectivity index (χ3n) is 3.11. The van der Waals surface area contributed by atoms with Gasteiger partial charge in [-0.1, -0.05) is 6.07 Å². The SMILES string of the molecule is O=C(NC(=O)Nc1ccc(C(F)(F)F)cc1)NC(=O)c1c(F)cccc1F. The van der Waals surface area contributed by atoms with E-state index in [1.54, 1.807) is 10.6 Å². The zero-order chi connectivity index (χ0) is 20.2. The van der Waals surface area contributed by atoms with Crippen molar-refractivity contribution in [2.24, 2.45) is 0 Å². The minimum atomic E-state index is -4.55. The molecule has 0 aliphatic carbocycles. The number of anilines is 1. The van der Waals surface area contributed by atoms with Crippen molar-refractivity contribution in [2.45, 2.75) is 6.18 Å². The zero-order valence-corrected chi connectivity index (χ0v) is 13.2. The van der Waals surface area contributed by atoms with Crippen LogP contribution in [0, 0.1) is 11.6 Å². The summed E-state index contributed by atoms with van der Waals surface area (Å²) in [6.45, 7) is 0. The van der Waals surface area contributed by atoms with E-state index in [4.69, 9.17) is 0 Å². The van der Waals surface area contributed by atoms with Gasteiger partial charge in [0, 0.05) is 5.69 Å². The second kappa shape index (κ2) is 7.81. The molecule has 2 aromatic carbocycles. The molecule has 0 spiro atoms. The Bertz CT molecular complexity index is 862. The summed E-state index contributed by atoms with van der Waals surface area (Å²) in [6, 6.07) is 3.33. The number of hydrogen-bond acceptors (Lipinski definition) is 3. The van der Waals surface area contributed by atoms with E-state index >= 15 is 0 Å².